The lowest BCUT2D eigenvalue weighted by atomic mass is 10.1. The van der Waals surface area contributed by atoms with Crippen molar-refractivity contribution in [1.82, 2.24) is 20.4 Å². The maximum Gasteiger partial charge on any atom is 0.272 e. The second kappa shape index (κ2) is 7.28. The largest absolute Gasteiger partial charge is 0.463 e. The molecule has 1 saturated heterocycles. The SMILES string of the molecule is O=C1CCC(NC(=O)c2cc(-c3ccco3)n(-c3ccc(Cl)cc3)n2)CN1. The van der Waals surface area contributed by atoms with E-state index in [4.69, 9.17) is 16.0 Å². The van der Waals surface area contributed by atoms with Gasteiger partial charge in [-0.2, -0.15) is 5.10 Å². The lowest BCUT2D eigenvalue weighted by molar-refractivity contribution is -0.122. The van der Waals surface area contributed by atoms with E-state index in [2.05, 4.69) is 15.7 Å². The van der Waals surface area contributed by atoms with Crippen molar-refractivity contribution in [3.8, 4) is 17.1 Å². The Balaban J connectivity index is 1.63. The van der Waals surface area contributed by atoms with Crippen molar-refractivity contribution in [2.75, 3.05) is 6.54 Å². The van der Waals surface area contributed by atoms with Crippen molar-refractivity contribution in [1.29, 1.82) is 0 Å². The minimum absolute atomic E-state index is 0.00706. The van der Waals surface area contributed by atoms with Gasteiger partial charge in [0.25, 0.3) is 5.91 Å². The summed E-state index contributed by atoms with van der Waals surface area (Å²) in [5.74, 6) is 0.311. The molecule has 2 N–H and O–H groups in total. The number of halogens is 1. The second-order valence-electron chi connectivity index (χ2n) is 6.29. The molecule has 1 aromatic carbocycles. The van der Waals surface area contributed by atoms with Crippen LogP contribution in [0.15, 0.2) is 53.1 Å². The molecular weight excluding hydrogens is 368 g/mol. The van der Waals surface area contributed by atoms with E-state index >= 15 is 0 Å². The van der Waals surface area contributed by atoms with E-state index in [1.807, 2.05) is 18.2 Å². The van der Waals surface area contributed by atoms with Crippen LogP contribution in [-0.2, 0) is 4.79 Å². The number of hydrogen-bond donors (Lipinski definition) is 2. The van der Waals surface area contributed by atoms with E-state index in [9.17, 15) is 9.59 Å². The first-order valence-electron chi connectivity index (χ1n) is 8.57. The standard InChI is InChI=1S/C19H17ClN4O3/c20-12-3-6-14(7-4-12)24-16(17-2-1-9-27-17)10-15(23-24)19(26)22-13-5-8-18(25)21-11-13/h1-4,6-7,9-10,13H,5,8,11H2,(H,21,25)(H,22,26). The van der Waals surface area contributed by atoms with Crippen molar-refractivity contribution >= 4 is 23.4 Å². The maximum absolute atomic E-state index is 12.7. The van der Waals surface area contributed by atoms with E-state index in [0.29, 0.717) is 35.9 Å². The fourth-order valence-electron chi connectivity index (χ4n) is 2.99. The molecule has 0 bridgehead atoms. The van der Waals surface area contributed by atoms with Crippen molar-refractivity contribution in [2.24, 2.45) is 0 Å². The summed E-state index contributed by atoms with van der Waals surface area (Å²) in [7, 11) is 0. The molecule has 7 nitrogen and oxygen atoms in total. The van der Waals surface area contributed by atoms with Crippen molar-refractivity contribution in [3.63, 3.8) is 0 Å². The van der Waals surface area contributed by atoms with Crippen LogP contribution in [0.25, 0.3) is 17.1 Å². The summed E-state index contributed by atoms with van der Waals surface area (Å²) in [6.45, 7) is 0.424. The van der Waals surface area contributed by atoms with Crippen LogP contribution in [0.1, 0.15) is 23.3 Å². The molecule has 0 aliphatic carbocycles. The number of carbonyl (C=O) groups is 2. The Kier molecular flexibility index (Phi) is 4.68. The number of furan rings is 1. The zero-order valence-corrected chi connectivity index (χ0v) is 15.1. The van der Waals surface area contributed by atoms with E-state index in [0.717, 1.165) is 5.69 Å². The molecule has 138 valence electrons. The van der Waals surface area contributed by atoms with Crippen molar-refractivity contribution in [2.45, 2.75) is 18.9 Å². The van der Waals surface area contributed by atoms with Crippen LogP contribution in [0, 0.1) is 0 Å². The van der Waals surface area contributed by atoms with Crippen LogP contribution >= 0.6 is 11.6 Å². The Bertz CT molecular complexity index is 954. The van der Waals surface area contributed by atoms with E-state index < -0.39 is 0 Å². The lowest BCUT2D eigenvalue weighted by Crippen LogP contribution is -2.47. The Hall–Kier alpha value is -3.06. The number of piperidine rings is 1. The molecule has 2 aromatic heterocycles. The highest BCUT2D eigenvalue weighted by molar-refractivity contribution is 6.30. The number of amides is 2. The molecule has 8 heteroatoms. The van der Waals surface area contributed by atoms with Crippen molar-refractivity contribution in [3.05, 3.63) is 59.4 Å². The van der Waals surface area contributed by atoms with Gasteiger partial charge in [0.15, 0.2) is 11.5 Å². The minimum atomic E-state index is -0.295. The number of benzene rings is 1. The van der Waals surface area contributed by atoms with Gasteiger partial charge < -0.3 is 15.1 Å². The average molecular weight is 385 g/mol. The smallest absolute Gasteiger partial charge is 0.272 e. The third-order valence-electron chi connectivity index (χ3n) is 4.39. The highest BCUT2D eigenvalue weighted by Crippen LogP contribution is 2.25. The summed E-state index contributed by atoms with van der Waals surface area (Å²) in [5, 5.41) is 10.7. The van der Waals surface area contributed by atoms with Crippen LogP contribution < -0.4 is 10.6 Å². The van der Waals surface area contributed by atoms with Crippen molar-refractivity contribution < 1.29 is 14.0 Å². The number of aromatic nitrogens is 2. The Morgan fingerprint density at radius 2 is 2.11 bits per heavy atom. The fourth-order valence-corrected chi connectivity index (χ4v) is 3.11. The molecule has 1 fully saturated rings. The van der Waals surface area contributed by atoms with Gasteiger partial charge in [-0.25, -0.2) is 4.68 Å². The molecular formula is C19H17ClN4O3. The summed E-state index contributed by atoms with van der Waals surface area (Å²) in [6, 6.07) is 12.3. The lowest BCUT2D eigenvalue weighted by Gasteiger charge is -2.22. The first-order chi connectivity index (χ1) is 13.1. The molecule has 0 saturated carbocycles. The number of nitrogens with zero attached hydrogens (tertiary/aromatic N) is 2. The number of hydrogen-bond acceptors (Lipinski definition) is 4. The molecule has 0 radical (unpaired) electrons. The third kappa shape index (κ3) is 3.73. The predicted molar refractivity (Wildman–Crippen MR) is 99.8 cm³/mol. The molecule has 1 atom stereocenters. The first-order valence-corrected chi connectivity index (χ1v) is 8.95. The van der Waals surface area contributed by atoms with Gasteiger partial charge in [0, 0.05) is 30.1 Å². The van der Waals surface area contributed by atoms with Crippen LogP contribution in [0.2, 0.25) is 5.02 Å². The van der Waals surface area contributed by atoms with Gasteiger partial charge in [-0.3, -0.25) is 9.59 Å². The number of carbonyl (C=O) groups excluding carboxylic acids is 2. The molecule has 3 heterocycles. The summed E-state index contributed by atoms with van der Waals surface area (Å²) in [6.07, 6.45) is 2.58. The quantitative estimate of drug-likeness (QED) is 0.723. The molecule has 1 unspecified atom stereocenters. The van der Waals surface area contributed by atoms with E-state index in [1.165, 1.54) is 0 Å². The van der Waals surface area contributed by atoms with Crippen LogP contribution in [0.5, 0.6) is 0 Å². The molecule has 4 rings (SSSR count). The maximum atomic E-state index is 12.7. The minimum Gasteiger partial charge on any atom is -0.463 e. The zero-order valence-electron chi connectivity index (χ0n) is 14.3. The highest BCUT2D eigenvalue weighted by Gasteiger charge is 2.23. The second-order valence-corrected chi connectivity index (χ2v) is 6.73. The van der Waals surface area contributed by atoms with Gasteiger partial charge in [0.05, 0.1) is 12.0 Å². The van der Waals surface area contributed by atoms with E-state index in [1.54, 1.807) is 35.2 Å². The summed E-state index contributed by atoms with van der Waals surface area (Å²) < 4.78 is 7.14. The third-order valence-corrected chi connectivity index (χ3v) is 4.64. The molecule has 2 amide bonds. The Labute approximate surface area is 160 Å². The van der Waals surface area contributed by atoms with Gasteiger partial charge in [-0.15, -0.1) is 0 Å². The van der Waals surface area contributed by atoms with E-state index in [-0.39, 0.29) is 23.6 Å². The predicted octanol–water partition coefficient (Wildman–Crippen LogP) is 2.79. The van der Waals surface area contributed by atoms with Gasteiger partial charge in [-0.05, 0) is 42.8 Å². The summed E-state index contributed by atoms with van der Waals surface area (Å²) >= 11 is 5.97. The topological polar surface area (TPSA) is 89.2 Å². The van der Waals surface area contributed by atoms with Gasteiger partial charge >= 0.3 is 0 Å². The fraction of sp³-hybridized carbons (Fsp3) is 0.211. The zero-order chi connectivity index (χ0) is 18.8. The first kappa shape index (κ1) is 17.4. The highest BCUT2D eigenvalue weighted by atomic mass is 35.5. The molecule has 27 heavy (non-hydrogen) atoms. The number of rotatable bonds is 4. The van der Waals surface area contributed by atoms with Crippen LogP contribution in [-0.4, -0.2) is 34.2 Å². The molecule has 1 aliphatic rings. The Morgan fingerprint density at radius 3 is 2.78 bits per heavy atom. The summed E-state index contributed by atoms with van der Waals surface area (Å²) in [4.78, 5) is 23.9. The molecule has 0 spiro atoms. The van der Waals surface area contributed by atoms with Gasteiger partial charge in [0.2, 0.25) is 5.91 Å². The van der Waals surface area contributed by atoms with Gasteiger partial charge in [0.1, 0.15) is 5.69 Å². The number of nitrogens with one attached hydrogen (secondary N) is 2. The van der Waals surface area contributed by atoms with Crippen LogP contribution in [0.4, 0.5) is 0 Å². The monoisotopic (exact) mass is 384 g/mol. The average Bonchev–Trinajstić information content (AvgIpc) is 3.33. The molecule has 1 aliphatic heterocycles. The van der Waals surface area contributed by atoms with Gasteiger partial charge in [-0.1, -0.05) is 11.6 Å². The van der Waals surface area contributed by atoms with Crippen LogP contribution in [0.3, 0.4) is 0 Å². The normalized spacial score (nSPS) is 16.8. The molecule has 3 aromatic rings. The summed E-state index contributed by atoms with van der Waals surface area (Å²) in [5.41, 5.74) is 1.69. The Morgan fingerprint density at radius 1 is 1.30 bits per heavy atom.